The number of carbonyl (C=O) groups excluding carboxylic acids is 1. The molecule has 0 saturated carbocycles. The van der Waals surface area contributed by atoms with Crippen LogP contribution in [-0.4, -0.2) is 81.8 Å². The van der Waals surface area contributed by atoms with Crippen molar-refractivity contribution in [2.75, 3.05) is 61.8 Å². The maximum absolute atomic E-state index is 13.8. The van der Waals surface area contributed by atoms with Gasteiger partial charge in [0, 0.05) is 61.6 Å². The van der Waals surface area contributed by atoms with Gasteiger partial charge in [-0.3, -0.25) is 9.89 Å². The van der Waals surface area contributed by atoms with E-state index in [0.29, 0.717) is 28.2 Å². The number of amides is 1. The van der Waals surface area contributed by atoms with E-state index in [1.165, 1.54) is 18.2 Å². The average Bonchev–Trinajstić information content (AvgIpc) is 3.39. The third-order valence-corrected chi connectivity index (χ3v) is 9.73. The van der Waals surface area contributed by atoms with E-state index in [-0.39, 0.29) is 16.8 Å². The van der Waals surface area contributed by atoms with Gasteiger partial charge in [-0.1, -0.05) is 0 Å². The molecule has 1 aromatic heterocycles. The number of nitrogens with one attached hydrogen (secondary N) is 4. The molecule has 43 heavy (non-hydrogen) atoms. The van der Waals surface area contributed by atoms with Crippen molar-refractivity contribution in [3.63, 3.8) is 0 Å². The van der Waals surface area contributed by atoms with Crippen molar-refractivity contribution in [3.05, 3.63) is 71.8 Å². The number of sulfone groups is 1. The fourth-order valence-electron chi connectivity index (χ4n) is 5.56. The standard InChI is InChI=1S/C30H33F2N7O3S/c1-38-9-11-39(12-10-38)22-4-6-25(28(16-22)34-21-3-2-8-33-18-21)30(40)35-29-26-17-23(5-7-27(26)36-37-29)43(41,42)24-14-19(31)13-20(32)15-24/h4-7,13-17,21,33-34H,2-3,8-12,18H2,1H3,(H2,35,36,37,40). The fraction of sp³-hybridized carbons (Fsp3) is 0.333. The highest BCUT2D eigenvalue weighted by molar-refractivity contribution is 7.91. The molecule has 6 rings (SSSR count). The number of carbonyl (C=O) groups is 1. The van der Waals surface area contributed by atoms with Crippen LogP contribution in [0.1, 0.15) is 23.2 Å². The van der Waals surface area contributed by atoms with Crippen molar-refractivity contribution in [3.8, 4) is 0 Å². The molecule has 1 atom stereocenters. The predicted molar refractivity (Wildman–Crippen MR) is 162 cm³/mol. The Labute approximate surface area is 248 Å². The Bertz CT molecular complexity index is 1740. The summed E-state index contributed by atoms with van der Waals surface area (Å²) in [5.41, 5.74) is 2.65. The molecular formula is C30H33F2N7O3S. The highest BCUT2D eigenvalue weighted by Gasteiger charge is 2.24. The van der Waals surface area contributed by atoms with E-state index in [9.17, 15) is 22.0 Å². The van der Waals surface area contributed by atoms with Crippen LogP contribution in [0.3, 0.4) is 0 Å². The summed E-state index contributed by atoms with van der Waals surface area (Å²) in [5.74, 6) is -2.27. The number of anilines is 3. The zero-order valence-corrected chi connectivity index (χ0v) is 24.5. The lowest BCUT2D eigenvalue weighted by atomic mass is 10.0. The van der Waals surface area contributed by atoms with E-state index in [4.69, 9.17) is 0 Å². The number of halogens is 2. The van der Waals surface area contributed by atoms with Crippen molar-refractivity contribution >= 4 is 43.8 Å². The van der Waals surface area contributed by atoms with Crippen LogP contribution in [-0.2, 0) is 9.84 Å². The van der Waals surface area contributed by atoms with Gasteiger partial charge >= 0.3 is 0 Å². The summed E-state index contributed by atoms with van der Waals surface area (Å²) in [6.07, 6.45) is 2.01. The smallest absolute Gasteiger partial charge is 0.258 e. The van der Waals surface area contributed by atoms with E-state index in [1.54, 1.807) is 6.07 Å². The molecule has 13 heteroatoms. The van der Waals surface area contributed by atoms with Crippen LogP contribution in [0.5, 0.6) is 0 Å². The molecule has 1 amide bonds. The van der Waals surface area contributed by atoms with Gasteiger partial charge in [-0.2, -0.15) is 5.10 Å². The number of aromatic amines is 1. The van der Waals surface area contributed by atoms with Crippen LogP contribution in [0.25, 0.3) is 10.9 Å². The molecule has 4 aromatic rings. The molecule has 226 valence electrons. The Kier molecular flexibility index (Phi) is 8.03. The zero-order chi connectivity index (χ0) is 30.1. The van der Waals surface area contributed by atoms with Crippen molar-refractivity contribution in [2.45, 2.75) is 28.7 Å². The van der Waals surface area contributed by atoms with Gasteiger partial charge < -0.3 is 25.8 Å². The van der Waals surface area contributed by atoms with E-state index >= 15 is 0 Å². The van der Waals surface area contributed by atoms with E-state index in [1.807, 2.05) is 12.1 Å². The number of nitrogens with zero attached hydrogens (tertiary/aromatic N) is 3. The summed E-state index contributed by atoms with van der Waals surface area (Å²) in [5, 5.41) is 17.1. The Morgan fingerprint density at radius 2 is 1.74 bits per heavy atom. The minimum atomic E-state index is -4.25. The van der Waals surface area contributed by atoms with Crippen molar-refractivity contribution in [1.82, 2.24) is 20.4 Å². The van der Waals surface area contributed by atoms with Crippen molar-refractivity contribution in [1.29, 1.82) is 0 Å². The number of hydrogen-bond acceptors (Lipinski definition) is 8. The van der Waals surface area contributed by atoms with Gasteiger partial charge in [0.2, 0.25) is 9.84 Å². The molecule has 2 fully saturated rings. The van der Waals surface area contributed by atoms with Crippen LogP contribution in [0.4, 0.5) is 26.0 Å². The number of H-pyrrole nitrogens is 1. The number of aromatic nitrogens is 2. The van der Waals surface area contributed by atoms with Crippen molar-refractivity contribution < 1.29 is 22.0 Å². The van der Waals surface area contributed by atoms with E-state index in [0.717, 1.165) is 69.9 Å². The molecule has 0 aliphatic carbocycles. The first-order valence-corrected chi connectivity index (χ1v) is 15.7. The minimum Gasteiger partial charge on any atom is -0.380 e. The third kappa shape index (κ3) is 6.19. The summed E-state index contributed by atoms with van der Waals surface area (Å²) in [6, 6.07) is 12.2. The normalized spacial score (nSPS) is 18.1. The van der Waals surface area contributed by atoms with Gasteiger partial charge in [0.05, 0.1) is 20.9 Å². The van der Waals surface area contributed by atoms with Gasteiger partial charge in [0.25, 0.3) is 5.91 Å². The Morgan fingerprint density at radius 3 is 2.47 bits per heavy atom. The summed E-state index contributed by atoms with van der Waals surface area (Å²) in [6.45, 7) is 5.44. The topological polar surface area (TPSA) is 122 Å². The van der Waals surface area contributed by atoms with Crippen molar-refractivity contribution in [2.24, 2.45) is 0 Å². The van der Waals surface area contributed by atoms with Crippen LogP contribution >= 0.6 is 0 Å². The van der Waals surface area contributed by atoms with Gasteiger partial charge in [0.15, 0.2) is 5.82 Å². The molecule has 2 saturated heterocycles. The number of likely N-dealkylation sites (N-methyl/N-ethyl adjacent to an activating group) is 1. The molecule has 0 spiro atoms. The second-order valence-electron chi connectivity index (χ2n) is 11.1. The van der Waals surface area contributed by atoms with Gasteiger partial charge in [-0.05, 0) is 75.0 Å². The Balaban J connectivity index is 1.30. The minimum absolute atomic E-state index is 0.135. The quantitative estimate of drug-likeness (QED) is 0.249. The van der Waals surface area contributed by atoms with Gasteiger partial charge in [-0.25, -0.2) is 17.2 Å². The van der Waals surface area contributed by atoms with Crippen LogP contribution < -0.4 is 20.9 Å². The van der Waals surface area contributed by atoms with E-state index in [2.05, 4.69) is 43.0 Å². The molecule has 4 N–H and O–H groups in total. The molecule has 3 heterocycles. The second-order valence-corrected chi connectivity index (χ2v) is 13.0. The third-order valence-electron chi connectivity index (χ3n) is 8.00. The maximum atomic E-state index is 13.8. The Morgan fingerprint density at radius 1 is 0.977 bits per heavy atom. The first-order valence-electron chi connectivity index (χ1n) is 14.2. The average molecular weight is 610 g/mol. The molecular weight excluding hydrogens is 576 g/mol. The number of fused-ring (bicyclic) bond motifs is 1. The fourth-order valence-corrected chi connectivity index (χ4v) is 6.88. The van der Waals surface area contributed by atoms with E-state index < -0.39 is 32.3 Å². The summed E-state index contributed by atoms with van der Waals surface area (Å²) in [7, 11) is -2.15. The number of benzene rings is 3. The first-order chi connectivity index (χ1) is 20.7. The SMILES string of the molecule is CN1CCN(c2ccc(C(=O)Nc3n[nH]c4ccc(S(=O)(=O)c5cc(F)cc(F)c5)cc34)c(NC3CCCNC3)c2)CC1. The van der Waals surface area contributed by atoms with Gasteiger partial charge in [-0.15, -0.1) is 0 Å². The summed E-state index contributed by atoms with van der Waals surface area (Å²) >= 11 is 0. The first kappa shape index (κ1) is 29.0. The molecule has 2 aliphatic rings. The number of piperazine rings is 1. The zero-order valence-electron chi connectivity index (χ0n) is 23.7. The molecule has 2 aliphatic heterocycles. The number of hydrogen-bond donors (Lipinski definition) is 4. The molecule has 0 radical (unpaired) electrons. The monoisotopic (exact) mass is 609 g/mol. The highest BCUT2D eigenvalue weighted by atomic mass is 32.2. The van der Waals surface area contributed by atoms with Gasteiger partial charge in [0.1, 0.15) is 11.6 Å². The van der Waals surface area contributed by atoms with Crippen LogP contribution in [0.2, 0.25) is 0 Å². The molecule has 3 aromatic carbocycles. The molecule has 10 nitrogen and oxygen atoms in total. The van der Waals surface area contributed by atoms with Crippen LogP contribution in [0.15, 0.2) is 64.4 Å². The Hall–Kier alpha value is -4.07. The largest absolute Gasteiger partial charge is 0.380 e. The number of piperidine rings is 1. The van der Waals surface area contributed by atoms with Crippen LogP contribution in [0, 0.1) is 11.6 Å². The number of rotatable bonds is 7. The molecule has 1 unspecified atom stereocenters. The lowest BCUT2D eigenvalue weighted by Crippen LogP contribution is -2.44. The predicted octanol–water partition coefficient (Wildman–Crippen LogP) is 3.84. The highest BCUT2D eigenvalue weighted by Crippen LogP contribution is 2.31. The molecule has 0 bridgehead atoms. The summed E-state index contributed by atoms with van der Waals surface area (Å²) < 4.78 is 54.0. The lowest BCUT2D eigenvalue weighted by molar-refractivity contribution is 0.102. The maximum Gasteiger partial charge on any atom is 0.258 e. The lowest BCUT2D eigenvalue weighted by Gasteiger charge is -2.34. The summed E-state index contributed by atoms with van der Waals surface area (Å²) in [4.78, 5) is 17.6. The second kappa shape index (κ2) is 11.9.